The number of allylic oxidation sites excluding steroid dienone is 1. The second kappa shape index (κ2) is 7.22. The Morgan fingerprint density at radius 1 is 1.09 bits per heavy atom. The molecular weight excluding hydrogens is 288 g/mol. The van der Waals surface area contributed by atoms with Crippen LogP contribution in [-0.4, -0.2) is 12.1 Å². The number of nitrogens with one attached hydrogen (secondary N) is 1. The molecule has 3 aromatic rings. The topological polar surface area (TPSA) is 54.6 Å². The Morgan fingerprint density at radius 3 is 2.83 bits per heavy atom. The normalized spacial score (nSPS) is 11.5. The second-order valence-corrected chi connectivity index (χ2v) is 5.00. The maximum absolute atomic E-state index is 12.0. The van der Waals surface area contributed by atoms with Gasteiger partial charge in [0.2, 0.25) is 5.91 Å². The van der Waals surface area contributed by atoms with E-state index >= 15 is 0 Å². The Hall–Kier alpha value is -3.14. The van der Waals surface area contributed by atoms with Gasteiger partial charge in [0.1, 0.15) is 5.76 Å². The molecule has 23 heavy (non-hydrogen) atoms. The van der Waals surface area contributed by atoms with Crippen LogP contribution >= 0.6 is 0 Å². The number of fused-ring (bicyclic) bond motifs is 1. The van der Waals surface area contributed by atoms with Gasteiger partial charge >= 0.3 is 0 Å². The summed E-state index contributed by atoms with van der Waals surface area (Å²) in [6.45, 7) is 0. The average Bonchev–Trinajstić information content (AvgIpc) is 3.08. The standard InChI is InChI=1S/C19H16N2O2/c22-19(21-20-12-4-9-17-10-5-13-23-17)14-16-8-3-7-15-6-1-2-11-18(15)16/h1-13H,14H2,(H,21,22)/b9-4+,20-12+. The Morgan fingerprint density at radius 2 is 1.96 bits per heavy atom. The molecule has 114 valence electrons. The van der Waals surface area contributed by atoms with Crippen LogP contribution < -0.4 is 5.43 Å². The van der Waals surface area contributed by atoms with Gasteiger partial charge < -0.3 is 4.42 Å². The highest BCUT2D eigenvalue weighted by atomic mass is 16.3. The molecule has 0 bridgehead atoms. The smallest absolute Gasteiger partial charge is 0.244 e. The van der Waals surface area contributed by atoms with E-state index in [2.05, 4.69) is 10.5 Å². The Balaban J connectivity index is 1.58. The van der Waals surface area contributed by atoms with E-state index in [1.165, 1.54) is 6.21 Å². The van der Waals surface area contributed by atoms with Crippen molar-refractivity contribution in [1.29, 1.82) is 0 Å². The Labute approximate surface area is 134 Å². The van der Waals surface area contributed by atoms with Gasteiger partial charge in [0.25, 0.3) is 0 Å². The molecule has 0 saturated heterocycles. The van der Waals surface area contributed by atoms with E-state index in [0.29, 0.717) is 6.42 Å². The first-order valence-electron chi connectivity index (χ1n) is 7.31. The van der Waals surface area contributed by atoms with E-state index in [-0.39, 0.29) is 5.91 Å². The first kappa shape index (κ1) is 14.8. The van der Waals surface area contributed by atoms with Crippen LogP contribution in [0.1, 0.15) is 11.3 Å². The lowest BCUT2D eigenvalue weighted by Gasteiger charge is -2.05. The van der Waals surface area contributed by atoms with E-state index in [1.807, 2.05) is 54.6 Å². The molecule has 1 amide bonds. The number of carbonyl (C=O) groups excluding carboxylic acids is 1. The van der Waals surface area contributed by atoms with Crippen LogP contribution in [0.15, 0.2) is 76.5 Å². The summed E-state index contributed by atoms with van der Waals surface area (Å²) in [5.41, 5.74) is 3.51. The SMILES string of the molecule is O=C(Cc1cccc2ccccc12)N/N=C/C=C/c1ccco1. The fourth-order valence-corrected chi connectivity index (χ4v) is 2.34. The molecule has 4 nitrogen and oxygen atoms in total. The van der Waals surface area contributed by atoms with Gasteiger partial charge in [0.05, 0.1) is 12.7 Å². The first-order chi connectivity index (χ1) is 11.3. The van der Waals surface area contributed by atoms with Crippen LogP contribution in [0.3, 0.4) is 0 Å². The number of hydrogen-bond acceptors (Lipinski definition) is 3. The maximum Gasteiger partial charge on any atom is 0.244 e. The predicted molar refractivity (Wildman–Crippen MR) is 92.0 cm³/mol. The van der Waals surface area contributed by atoms with E-state index < -0.39 is 0 Å². The third-order valence-electron chi connectivity index (χ3n) is 3.38. The predicted octanol–water partition coefficient (Wildman–Crippen LogP) is 3.79. The van der Waals surface area contributed by atoms with Crippen molar-refractivity contribution < 1.29 is 9.21 Å². The molecule has 1 aromatic heterocycles. The van der Waals surface area contributed by atoms with Gasteiger partial charge in [-0.15, -0.1) is 0 Å². The van der Waals surface area contributed by atoms with E-state index in [1.54, 1.807) is 18.4 Å². The highest BCUT2D eigenvalue weighted by Gasteiger charge is 2.05. The molecular formula is C19H16N2O2. The molecule has 0 radical (unpaired) electrons. The lowest BCUT2D eigenvalue weighted by Crippen LogP contribution is -2.19. The van der Waals surface area contributed by atoms with Crippen LogP contribution in [0, 0.1) is 0 Å². The van der Waals surface area contributed by atoms with Gasteiger partial charge in [-0.1, -0.05) is 42.5 Å². The molecule has 1 N–H and O–H groups in total. The minimum atomic E-state index is -0.149. The molecule has 0 saturated carbocycles. The molecule has 3 rings (SSSR count). The van der Waals surface area contributed by atoms with Crippen LogP contribution in [0.5, 0.6) is 0 Å². The quantitative estimate of drug-likeness (QED) is 0.576. The van der Waals surface area contributed by atoms with E-state index in [9.17, 15) is 4.79 Å². The van der Waals surface area contributed by atoms with Crippen molar-refractivity contribution in [3.63, 3.8) is 0 Å². The van der Waals surface area contributed by atoms with Gasteiger partial charge in [-0.3, -0.25) is 4.79 Å². The van der Waals surface area contributed by atoms with Gasteiger partial charge in [-0.2, -0.15) is 5.10 Å². The highest BCUT2D eigenvalue weighted by Crippen LogP contribution is 2.18. The zero-order valence-corrected chi connectivity index (χ0v) is 12.5. The molecule has 0 aliphatic carbocycles. The summed E-state index contributed by atoms with van der Waals surface area (Å²) in [5.74, 6) is 0.586. The van der Waals surface area contributed by atoms with Crippen molar-refractivity contribution in [3.8, 4) is 0 Å². The molecule has 0 fully saturated rings. The number of amides is 1. The first-order valence-corrected chi connectivity index (χ1v) is 7.31. The number of benzene rings is 2. The zero-order chi connectivity index (χ0) is 15.9. The molecule has 4 heteroatoms. The third-order valence-corrected chi connectivity index (χ3v) is 3.38. The van der Waals surface area contributed by atoms with Crippen molar-refractivity contribution in [1.82, 2.24) is 5.43 Å². The molecule has 0 atom stereocenters. The minimum Gasteiger partial charge on any atom is -0.465 e. The van der Waals surface area contributed by atoms with Crippen LogP contribution in [0.25, 0.3) is 16.8 Å². The fraction of sp³-hybridized carbons (Fsp3) is 0.0526. The number of nitrogens with zero attached hydrogens (tertiary/aromatic N) is 1. The summed E-state index contributed by atoms with van der Waals surface area (Å²) in [5, 5.41) is 6.11. The van der Waals surface area contributed by atoms with Crippen molar-refractivity contribution in [2.45, 2.75) is 6.42 Å². The minimum absolute atomic E-state index is 0.149. The summed E-state index contributed by atoms with van der Waals surface area (Å²) in [4.78, 5) is 12.0. The fourth-order valence-electron chi connectivity index (χ4n) is 2.34. The van der Waals surface area contributed by atoms with Crippen molar-refractivity contribution in [2.75, 3.05) is 0 Å². The Bertz CT molecular complexity index is 843. The van der Waals surface area contributed by atoms with Crippen molar-refractivity contribution in [3.05, 3.63) is 78.3 Å². The lowest BCUT2D eigenvalue weighted by molar-refractivity contribution is -0.120. The van der Waals surface area contributed by atoms with Crippen LogP contribution in [0.2, 0.25) is 0 Å². The largest absolute Gasteiger partial charge is 0.465 e. The summed E-state index contributed by atoms with van der Waals surface area (Å²) in [6, 6.07) is 17.6. The third kappa shape index (κ3) is 3.95. The van der Waals surface area contributed by atoms with Crippen molar-refractivity contribution in [2.24, 2.45) is 5.10 Å². The Kier molecular flexibility index (Phi) is 4.64. The van der Waals surface area contributed by atoms with Crippen molar-refractivity contribution >= 4 is 29.0 Å². The monoisotopic (exact) mass is 304 g/mol. The van der Waals surface area contributed by atoms with Crippen LogP contribution in [0.4, 0.5) is 0 Å². The molecule has 2 aromatic carbocycles. The number of furan rings is 1. The average molecular weight is 304 g/mol. The number of hydrogen-bond donors (Lipinski definition) is 1. The van der Waals surface area contributed by atoms with E-state index in [0.717, 1.165) is 22.1 Å². The highest BCUT2D eigenvalue weighted by molar-refractivity contribution is 5.90. The van der Waals surface area contributed by atoms with Gasteiger partial charge in [0, 0.05) is 6.21 Å². The second-order valence-electron chi connectivity index (χ2n) is 5.00. The lowest BCUT2D eigenvalue weighted by atomic mass is 10.0. The molecule has 0 aliphatic heterocycles. The molecule has 0 unspecified atom stereocenters. The summed E-state index contributed by atoms with van der Waals surface area (Å²) in [6.07, 6.45) is 6.88. The number of rotatable bonds is 5. The van der Waals surface area contributed by atoms with Gasteiger partial charge in [0.15, 0.2) is 0 Å². The summed E-state index contributed by atoms with van der Waals surface area (Å²) in [7, 11) is 0. The zero-order valence-electron chi connectivity index (χ0n) is 12.5. The van der Waals surface area contributed by atoms with E-state index in [4.69, 9.17) is 4.42 Å². The summed E-state index contributed by atoms with van der Waals surface area (Å²) >= 11 is 0. The summed E-state index contributed by atoms with van der Waals surface area (Å²) < 4.78 is 5.15. The molecule has 0 spiro atoms. The maximum atomic E-state index is 12.0. The van der Waals surface area contributed by atoms with Gasteiger partial charge in [-0.25, -0.2) is 5.43 Å². The molecule has 0 aliphatic rings. The number of hydrazone groups is 1. The van der Waals surface area contributed by atoms with Gasteiger partial charge in [-0.05, 0) is 40.6 Å². The number of carbonyl (C=O) groups is 1. The molecule has 1 heterocycles. The van der Waals surface area contributed by atoms with Crippen LogP contribution in [-0.2, 0) is 11.2 Å².